The van der Waals surface area contributed by atoms with Gasteiger partial charge in [0.1, 0.15) is 0 Å². The Morgan fingerprint density at radius 3 is 2.32 bits per heavy atom. The quantitative estimate of drug-likeness (QED) is 0.685. The minimum atomic E-state index is -4.37. The molecule has 0 aliphatic carbocycles. The van der Waals surface area contributed by atoms with Gasteiger partial charge in [-0.25, -0.2) is 0 Å². The van der Waals surface area contributed by atoms with E-state index in [1.807, 2.05) is 25.7 Å². The molecule has 0 saturated heterocycles. The fourth-order valence-electron chi connectivity index (χ4n) is 2.05. The maximum absolute atomic E-state index is 13.0. The molecule has 1 rings (SSSR count). The highest BCUT2D eigenvalue weighted by molar-refractivity contribution is 6.17. The summed E-state index contributed by atoms with van der Waals surface area (Å²) in [6.45, 7) is 6.68. The van der Waals surface area contributed by atoms with Crippen molar-refractivity contribution in [2.24, 2.45) is 0 Å². The average Bonchev–Trinajstić information content (AvgIpc) is 2.33. The summed E-state index contributed by atoms with van der Waals surface area (Å²) in [4.78, 5) is 1.97. The summed E-state index contributed by atoms with van der Waals surface area (Å²) in [5.41, 5.74) is 0.0814. The fourth-order valence-corrected chi connectivity index (χ4v) is 2.28. The van der Waals surface area contributed by atoms with Crippen LogP contribution < -0.4 is 4.90 Å². The van der Waals surface area contributed by atoms with Crippen LogP contribution in [0.4, 0.5) is 18.9 Å². The molecule has 0 amide bonds. The number of halogens is 4. The Bertz CT molecular complexity index is 416. The first-order chi connectivity index (χ1) is 8.81. The van der Waals surface area contributed by atoms with Crippen molar-refractivity contribution in [3.05, 3.63) is 29.3 Å². The minimum absolute atomic E-state index is 0.123. The highest BCUT2D eigenvalue weighted by Crippen LogP contribution is 2.35. The molecule has 0 N–H and O–H groups in total. The van der Waals surface area contributed by atoms with E-state index in [0.29, 0.717) is 5.69 Å². The summed E-state index contributed by atoms with van der Waals surface area (Å²) < 4.78 is 39.0. The number of anilines is 1. The topological polar surface area (TPSA) is 3.24 Å². The van der Waals surface area contributed by atoms with Crippen LogP contribution in [0.3, 0.4) is 0 Å². The standard InChI is InChI=1S/C14H19ClF3N/c1-4-7-19(10(2)3)12-6-5-11(9-15)13(8-12)14(16,17)18/h5-6,8,10H,4,7,9H2,1-3H3. The molecule has 0 bridgehead atoms. The van der Waals surface area contributed by atoms with E-state index in [1.165, 1.54) is 12.1 Å². The highest BCUT2D eigenvalue weighted by Gasteiger charge is 2.33. The van der Waals surface area contributed by atoms with Gasteiger partial charge in [0.2, 0.25) is 0 Å². The Morgan fingerprint density at radius 2 is 1.89 bits per heavy atom. The van der Waals surface area contributed by atoms with Crippen molar-refractivity contribution >= 4 is 17.3 Å². The molecule has 1 aromatic rings. The Hall–Kier alpha value is -0.900. The third-order valence-corrected chi connectivity index (χ3v) is 3.25. The molecular weight excluding hydrogens is 275 g/mol. The zero-order valence-corrected chi connectivity index (χ0v) is 12.1. The van der Waals surface area contributed by atoms with Crippen molar-refractivity contribution in [2.75, 3.05) is 11.4 Å². The number of rotatable bonds is 5. The smallest absolute Gasteiger partial charge is 0.369 e. The van der Waals surface area contributed by atoms with Crippen LogP contribution in [0.2, 0.25) is 0 Å². The summed E-state index contributed by atoms with van der Waals surface area (Å²) >= 11 is 5.58. The first-order valence-corrected chi connectivity index (χ1v) is 6.87. The zero-order chi connectivity index (χ0) is 14.6. The molecule has 0 unspecified atom stereocenters. The monoisotopic (exact) mass is 293 g/mol. The van der Waals surface area contributed by atoms with Crippen LogP contribution in [0, 0.1) is 0 Å². The second-order valence-electron chi connectivity index (χ2n) is 4.76. The number of hydrogen-bond donors (Lipinski definition) is 0. The first-order valence-electron chi connectivity index (χ1n) is 6.34. The van der Waals surface area contributed by atoms with Gasteiger partial charge < -0.3 is 4.90 Å². The van der Waals surface area contributed by atoms with E-state index in [2.05, 4.69) is 0 Å². The summed E-state index contributed by atoms with van der Waals surface area (Å²) in [6.07, 6.45) is -3.48. The number of nitrogens with zero attached hydrogens (tertiary/aromatic N) is 1. The minimum Gasteiger partial charge on any atom is -0.369 e. The molecule has 0 atom stereocenters. The van der Waals surface area contributed by atoms with Gasteiger partial charge in [-0.1, -0.05) is 13.0 Å². The van der Waals surface area contributed by atoms with Crippen LogP contribution in [0.5, 0.6) is 0 Å². The van der Waals surface area contributed by atoms with Crippen molar-refractivity contribution in [1.82, 2.24) is 0 Å². The van der Waals surface area contributed by atoms with E-state index in [4.69, 9.17) is 11.6 Å². The molecule has 0 aromatic heterocycles. The molecule has 0 aliphatic heterocycles. The molecule has 0 fully saturated rings. The van der Waals surface area contributed by atoms with Gasteiger partial charge in [-0.05, 0) is 38.0 Å². The predicted molar refractivity (Wildman–Crippen MR) is 73.8 cm³/mol. The highest BCUT2D eigenvalue weighted by atomic mass is 35.5. The molecule has 1 aromatic carbocycles. The van der Waals surface area contributed by atoms with Crippen LogP contribution in [0.15, 0.2) is 18.2 Å². The van der Waals surface area contributed by atoms with Gasteiger partial charge in [0.15, 0.2) is 0 Å². The third-order valence-electron chi connectivity index (χ3n) is 2.96. The molecule has 1 nitrogen and oxygen atoms in total. The van der Waals surface area contributed by atoms with Crippen molar-refractivity contribution in [1.29, 1.82) is 0 Å². The summed E-state index contributed by atoms with van der Waals surface area (Å²) in [6, 6.07) is 4.54. The van der Waals surface area contributed by atoms with Crippen molar-refractivity contribution in [3.8, 4) is 0 Å². The SMILES string of the molecule is CCCN(c1ccc(CCl)c(C(F)(F)F)c1)C(C)C. The van der Waals surface area contributed by atoms with Crippen molar-refractivity contribution in [3.63, 3.8) is 0 Å². The van der Waals surface area contributed by atoms with Gasteiger partial charge >= 0.3 is 6.18 Å². The van der Waals surface area contributed by atoms with Crippen LogP contribution >= 0.6 is 11.6 Å². The zero-order valence-electron chi connectivity index (χ0n) is 11.4. The first kappa shape index (κ1) is 16.2. The lowest BCUT2D eigenvalue weighted by atomic mass is 10.1. The average molecular weight is 294 g/mol. The lowest BCUT2D eigenvalue weighted by molar-refractivity contribution is -0.138. The molecule has 0 heterocycles. The summed E-state index contributed by atoms with van der Waals surface area (Å²) in [5.74, 6) is -0.134. The van der Waals surface area contributed by atoms with E-state index in [0.717, 1.165) is 13.0 Å². The molecule has 0 spiro atoms. The van der Waals surface area contributed by atoms with E-state index in [-0.39, 0.29) is 17.5 Å². The van der Waals surface area contributed by atoms with Crippen molar-refractivity contribution in [2.45, 2.75) is 45.3 Å². The third kappa shape index (κ3) is 4.03. The number of benzene rings is 1. The lowest BCUT2D eigenvalue weighted by Crippen LogP contribution is -2.31. The maximum Gasteiger partial charge on any atom is 0.416 e. The summed E-state index contributed by atoms with van der Waals surface area (Å²) in [7, 11) is 0. The summed E-state index contributed by atoms with van der Waals surface area (Å²) in [5, 5.41) is 0. The van der Waals surface area contributed by atoms with Gasteiger partial charge in [0.05, 0.1) is 5.56 Å². The van der Waals surface area contributed by atoms with Crippen molar-refractivity contribution < 1.29 is 13.2 Å². The Kier molecular flexibility index (Phi) is 5.53. The molecule has 108 valence electrons. The second-order valence-corrected chi connectivity index (χ2v) is 5.03. The van der Waals surface area contributed by atoms with E-state index in [9.17, 15) is 13.2 Å². The fraction of sp³-hybridized carbons (Fsp3) is 0.571. The number of alkyl halides is 4. The van der Waals surface area contributed by atoms with Crippen LogP contribution in [-0.2, 0) is 12.1 Å². The molecule has 5 heteroatoms. The van der Waals surface area contributed by atoms with Gasteiger partial charge in [-0.15, -0.1) is 11.6 Å². The molecule has 19 heavy (non-hydrogen) atoms. The second kappa shape index (κ2) is 6.51. The van der Waals surface area contributed by atoms with Gasteiger partial charge in [0, 0.05) is 24.2 Å². The van der Waals surface area contributed by atoms with Crippen LogP contribution in [0.25, 0.3) is 0 Å². The Morgan fingerprint density at radius 1 is 1.26 bits per heavy atom. The van der Waals surface area contributed by atoms with Crippen LogP contribution in [-0.4, -0.2) is 12.6 Å². The lowest BCUT2D eigenvalue weighted by Gasteiger charge is -2.29. The number of hydrogen-bond acceptors (Lipinski definition) is 1. The van der Waals surface area contributed by atoms with Crippen LogP contribution in [0.1, 0.15) is 38.3 Å². The van der Waals surface area contributed by atoms with E-state index >= 15 is 0 Å². The van der Waals surface area contributed by atoms with Gasteiger partial charge in [-0.2, -0.15) is 13.2 Å². The molecular formula is C14H19ClF3N. The Labute approximate surface area is 117 Å². The molecule has 0 saturated carbocycles. The maximum atomic E-state index is 13.0. The van der Waals surface area contributed by atoms with Gasteiger partial charge in [0.25, 0.3) is 0 Å². The largest absolute Gasteiger partial charge is 0.416 e. The predicted octanol–water partition coefficient (Wildman–Crippen LogP) is 5.07. The molecule has 0 radical (unpaired) electrons. The Balaban J connectivity index is 3.23. The normalized spacial score (nSPS) is 12.0. The molecule has 0 aliphatic rings. The van der Waals surface area contributed by atoms with E-state index in [1.54, 1.807) is 6.07 Å². The van der Waals surface area contributed by atoms with Gasteiger partial charge in [-0.3, -0.25) is 0 Å². The van der Waals surface area contributed by atoms with E-state index < -0.39 is 11.7 Å².